The van der Waals surface area contributed by atoms with Crippen LogP contribution in [-0.4, -0.2) is 21.0 Å². The van der Waals surface area contributed by atoms with Crippen molar-refractivity contribution in [3.05, 3.63) is 98.9 Å². The lowest BCUT2D eigenvalue weighted by atomic mass is 9.99. The quantitative estimate of drug-likeness (QED) is 0.585. The predicted octanol–water partition coefficient (Wildman–Crippen LogP) is 3.57. The van der Waals surface area contributed by atoms with Crippen molar-refractivity contribution in [1.82, 2.24) is 15.1 Å². The summed E-state index contributed by atoms with van der Waals surface area (Å²) in [5.41, 5.74) is 5.33. The number of hydrogen-bond donors (Lipinski definition) is 1. The predicted molar refractivity (Wildman–Crippen MR) is 109 cm³/mol. The number of amides is 1. The van der Waals surface area contributed by atoms with Gasteiger partial charge in [-0.15, -0.1) is 0 Å². The minimum Gasteiger partial charge on any atom is -0.472 e. The average molecular weight is 385 g/mol. The molecule has 1 amide bonds. The Balaban J connectivity index is 1.46. The maximum atomic E-state index is 13.1. The first-order valence-corrected chi connectivity index (χ1v) is 9.49. The number of benzene rings is 2. The maximum absolute atomic E-state index is 13.1. The van der Waals surface area contributed by atoms with Gasteiger partial charge in [0, 0.05) is 41.6 Å². The van der Waals surface area contributed by atoms with E-state index in [0.29, 0.717) is 30.5 Å². The van der Waals surface area contributed by atoms with E-state index in [1.807, 2.05) is 48.2 Å². The zero-order chi connectivity index (χ0) is 20.0. The molecule has 2 aromatic heterocycles. The van der Waals surface area contributed by atoms with Gasteiger partial charge in [-0.25, -0.2) is 5.10 Å². The first-order chi connectivity index (χ1) is 14.1. The van der Waals surface area contributed by atoms with E-state index in [0.717, 1.165) is 33.3 Å². The van der Waals surface area contributed by atoms with Crippen LogP contribution in [0.3, 0.4) is 0 Å². The first-order valence-electron chi connectivity index (χ1n) is 9.49. The van der Waals surface area contributed by atoms with Gasteiger partial charge in [-0.05, 0) is 30.2 Å². The summed E-state index contributed by atoms with van der Waals surface area (Å²) in [5.74, 6) is 0.0137. The van der Waals surface area contributed by atoms with E-state index in [9.17, 15) is 9.59 Å². The molecule has 0 atom stereocenters. The number of fused-ring (bicyclic) bond motifs is 2. The number of H-pyrrole nitrogens is 1. The molecule has 5 rings (SSSR count). The van der Waals surface area contributed by atoms with E-state index < -0.39 is 0 Å². The zero-order valence-corrected chi connectivity index (χ0v) is 15.9. The second-order valence-electron chi connectivity index (χ2n) is 7.45. The van der Waals surface area contributed by atoms with Gasteiger partial charge in [0.2, 0.25) is 0 Å². The van der Waals surface area contributed by atoms with Gasteiger partial charge in [0.05, 0.1) is 23.6 Å². The van der Waals surface area contributed by atoms with E-state index >= 15 is 0 Å². The molecule has 0 bridgehead atoms. The van der Waals surface area contributed by atoms with Crippen LogP contribution in [0.2, 0.25) is 0 Å². The number of furan rings is 1. The van der Waals surface area contributed by atoms with Crippen molar-refractivity contribution in [3.63, 3.8) is 0 Å². The molecule has 0 spiro atoms. The second kappa shape index (κ2) is 6.74. The fourth-order valence-corrected chi connectivity index (χ4v) is 3.92. The highest BCUT2D eigenvalue weighted by Gasteiger charge is 2.26. The van der Waals surface area contributed by atoms with Crippen molar-refractivity contribution in [2.24, 2.45) is 0 Å². The molecule has 1 N–H and O–H groups in total. The lowest BCUT2D eigenvalue weighted by Crippen LogP contribution is -2.26. The number of nitrogens with one attached hydrogen (secondary N) is 1. The molecule has 0 unspecified atom stereocenters. The SMILES string of the molecule is Cc1ccc(Cc2n[nH]c(=O)c3ccccc23)cc1C(=O)N1Cc2cocc2C1. The van der Waals surface area contributed by atoms with Gasteiger partial charge < -0.3 is 9.32 Å². The van der Waals surface area contributed by atoms with Gasteiger partial charge in [0.1, 0.15) is 0 Å². The van der Waals surface area contributed by atoms with Crippen molar-refractivity contribution in [3.8, 4) is 0 Å². The summed E-state index contributed by atoms with van der Waals surface area (Å²) >= 11 is 0. The third kappa shape index (κ3) is 3.02. The molecule has 6 nitrogen and oxygen atoms in total. The van der Waals surface area contributed by atoms with E-state index in [1.54, 1.807) is 18.6 Å². The second-order valence-corrected chi connectivity index (χ2v) is 7.45. The summed E-state index contributed by atoms with van der Waals surface area (Å²) in [6.45, 7) is 3.09. The Kier molecular flexibility index (Phi) is 4.05. The van der Waals surface area contributed by atoms with Crippen LogP contribution in [-0.2, 0) is 19.5 Å². The smallest absolute Gasteiger partial charge is 0.272 e. The van der Waals surface area contributed by atoms with Crippen molar-refractivity contribution < 1.29 is 9.21 Å². The number of aryl methyl sites for hydroxylation is 1. The van der Waals surface area contributed by atoms with Gasteiger partial charge in [-0.2, -0.15) is 5.10 Å². The molecule has 6 heteroatoms. The van der Waals surface area contributed by atoms with Gasteiger partial charge in [0.25, 0.3) is 11.5 Å². The van der Waals surface area contributed by atoms with Crippen LogP contribution in [0.15, 0.2) is 64.2 Å². The number of carbonyl (C=O) groups excluding carboxylic acids is 1. The summed E-state index contributed by atoms with van der Waals surface area (Å²) in [6, 6.07) is 13.3. The molecule has 2 aromatic carbocycles. The van der Waals surface area contributed by atoms with E-state index in [4.69, 9.17) is 4.42 Å². The zero-order valence-electron chi connectivity index (χ0n) is 15.9. The Hall–Kier alpha value is -3.67. The van der Waals surface area contributed by atoms with Crippen LogP contribution in [0.4, 0.5) is 0 Å². The normalized spacial score (nSPS) is 13.1. The van der Waals surface area contributed by atoms with Crippen molar-refractivity contribution in [1.29, 1.82) is 0 Å². The minimum atomic E-state index is -0.198. The molecule has 0 saturated carbocycles. The Morgan fingerprint density at radius 1 is 1.10 bits per heavy atom. The van der Waals surface area contributed by atoms with E-state index in [2.05, 4.69) is 10.2 Å². The van der Waals surface area contributed by atoms with Crippen molar-refractivity contribution in [2.75, 3.05) is 0 Å². The van der Waals surface area contributed by atoms with Gasteiger partial charge in [-0.3, -0.25) is 9.59 Å². The summed E-state index contributed by atoms with van der Waals surface area (Å²) in [5, 5.41) is 8.28. The van der Waals surface area contributed by atoms with Crippen LogP contribution >= 0.6 is 0 Å². The number of rotatable bonds is 3. The van der Waals surface area contributed by atoms with E-state index in [-0.39, 0.29) is 11.5 Å². The summed E-state index contributed by atoms with van der Waals surface area (Å²) in [4.78, 5) is 27.0. The van der Waals surface area contributed by atoms with Crippen LogP contribution in [0.5, 0.6) is 0 Å². The highest BCUT2D eigenvalue weighted by Crippen LogP contribution is 2.26. The molecule has 4 aromatic rings. The van der Waals surface area contributed by atoms with E-state index in [1.165, 1.54) is 0 Å². The molecule has 144 valence electrons. The molecule has 0 saturated heterocycles. The Morgan fingerprint density at radius 3 is 2.59 bits per heavy atom. The lowest BCUT2D eigenvalue weighted by Gasteiger charge is -2.18. The Morgan fingerprint density at radius 2 is 1.83 bits per heavy atom. The minimum absolute atomic E-state index is 0.0137. The number of nitrogens with zero attached hydrogens (tertiary/aromatic N) is 2. The first kappa shape index (κ1) is 17.4. The third-order valence-electron chi connectivity index (χ3n) is 5.52. The molecule has 1 aliphatic rings. The van der Waals surface area contributed by atoms with Gasteiger partial charge in [0.15, 0.2) is 0 Å². The fourth-order valence-electron chi connectivity index (χ4n) is 3.92. The van der Waals surface area contributed by atoms with Crippen LogP contribution in [0, 0.1) is 6.92 Å². The topological polar surface area (TPSA) is 79.2 Å². The third-order valence-corrected chi connectivity index (χ3v) is 5.52. The monoisotopic (exact) mass is 385 g/mol. The standard InChI is InChI=1S/C23H19N3O3/c1-14-6-7-15(9-21-18-4-2-3-5-19(18)22(27)25-24-21)8-20(14)23(28)26-10-16-12-29-13-17(16)11-26/h2-8,12-13H,9-11H2,1H3,(H,25,27). The van der Waals surface area contributed by atoms with Gasteiger partial charge >= 0.3 is 0 Å². The molecule has 29 heavy (non-hydrogen) atoms. The van der Waals surface area contributed by atoms with Crippen LogP contribution in [0.25, 0.3) is 10.8 Å². The van der Waals surface area contributed by atoms with Crippen LogP contribution in [0.1, 0.15) is 38.3 Å². The lowest BCUT2D eigenvalue weighted by molar-refractivity contribution is 0.0749. The van der Waals surface area contributed by atoms with Gasteiger partial charge in [-0.1, -0.05) is 30.3 Å². The number of aromatic nitrogens is 2. The molecule has 0 radical (unpaired) electrons. The largest absolute Gasteiger partial charge is 0.472 e. The molecular weight excluding hydrogens is 366 g/mol. The Labute approximate surface area is 166 Å². The summed E-state index contributed by atoms with van der Waals surface area (Å²) in [7, 11) is 0. The summed E-state index contributed by atoms with van der Waals surface area (Å²) in [6.07, 6.45) is 3.94. The number of hydrogen-bond acceptors (Lipinski definition) is 4. The number of carbonyl (C=O) groups is 1. The fraction of sp³-hybridized carbons (Fsp3) is 0.174. The highest BCUT2D eigenvalue weighted by molar-refractivity contribution is 5.96. The Bertz CT molecular complexity index is 1280. The molecule has 0 aliphatic carbocycles. The summed E-state index contributed by atoms with van der Waals surface area (Å²) < 4.78 is 5.20. The molecular formula is C23H19N3O3. The van der Waals surface area contributed by atoms with Crippen LogP contribution < -0.4 is 5.56 Å². The molecule has 1 aliphatic heterocycles. The van der Waals surface area contributed by atoms with Crippen molar-refractivity contribution >= 4 is 16.7 Å². The van der Waals surface area contributed by atoms with Crippen molar-refractivity contribution in [2.45, 2.75) is 26.4 Å². The molecule has 0 fully saturated rings. The highest BCUT2D eigenvalue weighted by atomic mass is 16.3. The molecule has 3 heterocycles. The number of aromatic amines is 1. The maximum Gasteiger partial charge on any atom is 0.272 e. The average Bonchev–Trinajstić information content (AvgIpc) is 3.33.